The molecule has 8 nitrogen and oxygen atoms in total. The molecule has 304 valence electrons. The van der Waals surface area contributed by atoms with E-state index in [4.69, 9.17) is 18.5 Å². The molecule has 0 amide bonds. The van der Waals surface area contributed by atoms with E-state index >= 15 is 0 Å². The number of esters is 1. The van der Waals surface area contributed by atoms with Crippen molar-refractivity contribution in [2.75, 3.05) is 54.1 Å². The molecule has 9 heteroatoms. The zero-order valence-electron chi connectivity index (χ0n) is 34.2. The first-order chi connectivity index (χ1) is 25.1. The average Bonchev–Trinajstić information content (AvgIpc) is 3.09. The van der Waals surface area contributed by atoms with Crippen LogP contribution < -0.4 is 4.89 Å². The average molecular weight is 754 g/mol. The van der Waals surface area contributed by atoms with Gasteiger partial charge in [0.25, 0.3) is 7.82 Å². The Kier molecular flexibility index (Phi) is 35.4. The Balaban J connectivity index is 4.28. The smallest absolute Gasteiger partial charge is 0.306 e. The van der Waals surface area contributed by atoms with E-state index in [1.54, 1.807) is 0 Å². The van der Waals surface area contributed by atoms with E-state index in [-0.39, 0.29) is 25.8 Å². The lowest BCUT2D eigenvalue weighted by molar-refractivity contribution is -0.870. The molecule has 2 atom stereocenters. The number of hydrogen-bond donors (Lipinski definition) is 0. The van der Waals surface area contributed by atoms with Gasteiger partial charge >= 0.3 is 5.97 Å². The highest BCUT2D eigenvalue weighted by Gasteiger charge is 2.20. The van der Waals surface area contributed by atoms with Gasteiger partial charge in [-0.2, -0.15) is 0 Å². The van der Waals surface area contributed by atoms with Crippen LogP contribution in [0.1, 0.15) is 162 Å². The molecule has 0 spiro atoms. The first-order valence-electron chi connectivity index (χ1n) is 20.9. The maximum absolute atomic E-state index is 12.6. The van der Waals surface area contributed by atoms with Crippen molar-refractivity contribution < 1.29 is 37.3 Å². The summed E-state index contributed by atoms with van der Waals surface area (Å²) >= 11 is 0. The number of quaternary nitrogens is 1. The summed E-state index contributed by atoms with van der Waals surface area (Å²) in [7, 11) is 1.34. The predicted octanol–water partition coefficient (Wildman–Crippen LogP) is 11.4. The highest BCUT2D eigenvalue weighted by Crippen LogP contribution is 2.38. The number of carbonyl (C=O) groups is 1. The Labute approximate surface area is 320 Å². The normalized spacial score (nSPS) is 14.3. The van der Waals surface area contributed by atoms with Crippen molar-refractivity contribution in [2.24, 2.45) is 0 Å². The molecule has 0 saturated carbocycles. The maximum atomic E-state index is 12.6. The predicted molar refractivity (Wildman–Crippen MR) is 217 cm³/mol. The van der Waals surface area contributed by atoms with Crippen LogP contribution in [0.4, 0.5) is 0 Å². The summed E-state index contributed by atoms with van der Waals surface area (Å²) in [4.78, 5) is 25.0. The Morgan fingerprint density at radius 3 is 1.69 bits per heavy atom. The minimum Gasteiger partial charge on any atom is -0.756 e. The fraction of sp³-hybridized carbons (Fsp3) is 0.791. The van der Waals surface area contributed by atoms with Gasteiger partial charge in [0.1, 0.15) is 19.3 Å². The van der Waals surface area contributed by atoms with E-state index in [2.05, 4.69) is 62.5 Å². The number of phosphoric ester groups is 1. The molecule has 0 aliphatic carbocycles. The topological polar surface area (TPSA) is 94.1 Å². The molecule has 52 heavy (non-hydrogen) atoms. The molecule has 0 rings (SSSR count). The Morgan fingerprint density at radius 2 is 1.12 bits per heavy atom. The van der Waals surface area contributed by atoms with Crippen molar-refractivity contribution in [1.29, 1.82) is 0 Å². The number of hydrogen-bond acceptors (Lipinski definition) is 7. The minimum atomic E-state index is -4.53. The van der Waals surface area contributed by atoms with Crippen molar-refractivity contribution in [3.8, 4) is 0 Å². The first kappa shape index (κ1) is 50.5. The number of ether oxygens (including phenoxy) is 2. The zero-order chi connectivity index (χ0) is 38.4. The van der Waals surface area contributed by atoms with E-state index in [1.807, 2.05) is 21.1 Å². The monoisotopic (exact) mass is 754 g/mol. The first-order valence-corrected chi connectivity index (χ1v) is 22.3. The zero-order valence-corrected chi connectivity index (χ0v) is 35.1. The number of nitrogens with zero attached hydrogens (tertiary/aromatic N) is 1. The second-order valence-electron chi connectivity index (χ2n) is 15.0. The maximum Gasteiger partial charge on any atom is 0.306 e. The van der Waals surface area contributed by atoms with Crippen LogP contribution in [-0.2, 0) is 27.9 Å². The van der Waals surface area contributed by atoms with Crippen molar-refractivity contribution in [3.05, 3.63) is 48.6 Å². The fourth-order valence-electron chi connectivity index (χ4n) is 5.38. The number of carbonyl (C=O) groups excluding carboxylic acids is 1. The molecule has 0 aromatic heterocycles. The summed E-state index contributed by atoms with van der Waals surface area (Å²) in [6.07, 6.45) is 42.6. The molecule has 0 saturated heterocycles. The van der Waals surface area contributed by atoms with Crippen LogP contribution in [0.25, 0.3) is 0 Å². The third-order valence-electron chi connectivity index (χ3n) is 8.61. The minimum absolute atomic E-state index is 0.0213. The molecule has 0 aliphatic rings. The summed E-state index contributed by atoms with van der Waals surface area (Å²) in [5, 5.41) is 0. The van der Waals surface area contributed by atoms with Gasteiger partial charge in [0.05, 0.1) is 34.4 Å². The molecule has 0 aliphatic heterocycles. The molecule has 0 radical (unpaired) electrons. The molecule has 0 bridgehead atoms. The Morgan fingerprint density at radius 1 is 0.615 bits per heavy atom. The van der Waals surface area contributed by atoms with Crippen LogP contribution in [0.2, 0.25) is 0 Å². The Hall–Kier alpha value is -1.54. The Bertz CT molecular complexity index is 973. The van der Waals surface area contributed by atoms with E-state index < -0.39 is 13.9 Å². The number of unbranched alkanes of at least 4 members (excludes halogenated alkanes) is 16. The van der Waals surface area contributed by atoms with E-state index in [0.717, 1.165) is 57.8 Å². The SMILES string of the molecule is CC/C=C\C/C=C\C/C=C\CCCCCCCCCC(=O)OC(COCCCCCCCC/C=C\CCCCC)COP(=O)([O-])OCC[N+](C)(C)C. The second kappa shape index (κ2) is 36.4. The van der Waals surface area contributed by atoms with Crippen LogP contribution in [0.3, 0.4) is 0 Å². The van der Waals surface area contributed by atoms with Crippen LogP contribution in [-0.4, -0.2) is 70.7 Å². The number of rotatable bonds is 38. The third kappa shape index (κ3) is 39.7. The van der Waals surface area contributed by atoms with Crippen LogP contribution >= 0.6 is 7.82 Å². The summed E-state index contributed by atoms with van der Waals surface area (Å²) in [6.45, 7) is 5.24. The molecule has 0 heterocycles. The van der Waals surface area contributed by atoms with Gasteiger partial charge in [0.2, 0.25) is 0 Å². The molecule has 0 N–H and O–H groups in total. The molecule has 0 fully saturated rings. The van der Waals surface area contributed by atoms with Crippen molar-refractivity contribution in [1.82, 2.24) is 0 Å². The van der Waals surface area contributed by atoms with Crippen LogP contribution in [0.5, 0.6) is 0 Å². The highest BCUT2D eigenvalue weighted by atomic mass is 31.2. The van der Waals surface area contributed by atoms with Gasteiger partial charge in [-0.25, -0.2) is 0 Å². The van der Waals surface area contributed by atoms with Gasteiger partial charge < -0.3 is 27.9 Å². The van der Waals surface area contributed by atoms with E-state index in [0.29, 0.717) is 24.1 Å². The molecule has 2 unspecified atom stereocenters. The van der Waals surface area contributed by atoms with Crippen molar-refractivity contribution in [2.45, 2.75) is 168 Å². The van der Waals surface area contributed by atoms with Gasteiger partial charge in [0, 0.05) is 13.0 Å². The lowest BCUT2D eigenvalue weighted by atomic mass is 10.1. The van der Waals surface area contributed by atoms with Crippen molar-refractivity contribution >= 4 is 13.8 Å². The largest absolute Gasteiger partial charge is 0.756 e. The third-order valence-corrected chi connectivity index (χ3v) is 9.58. The van der Waals surface area contributed by atoms with Crippen LogP contribution in [0, 0.1) is 0 Å². The summed E-state index contributed by atoms with van der Waals surface area (Å²) < 4.78 is 34.5. The van der Waals surface area contributed by atoms with Crippen molar-refractivity contribution in [3.63, 3.8) is 0 Å². The molecule has 0 aromatic rings. The molecular formula is C43H80NO7P. The van der Waals surface area contributed by atoms with Gasteiger partial charge in [-0.3, -0.25) is 9.36 Å². The van der Waals surface area contributed by atoms with E-state index in [1.165, 1.54) is 83.5 Å². The lowest BCUT2D eigenvalue weighted by Gasteiger charge is -2.28. The molecule has 0 aromatic carbocycles. The standard InChI is InChI=1S/C43H80NO7P/c1-6-8-10-12-14-16-18-20-21-22-23-24-26-28-30-32-34-36-43(45)51-42(41-50-52(46,47)49-39-37-44(3,4)5)40-48-38-35-33-31-29-27-25-19-17-15-13-11-9-7-2/h8,10,14-17,20-21,42H,6-7,9,11-13,18-19,22-41H2,1-5H3/b10-8-,16-14-,17-15-,21-20-. The fourth-order valence-corrected chi connectivity index (χ4v) is 6.11. The van der Waals surface area contributed by atoms with Gasteiger partial charge in [-0.15, -0.1) is 0 Å². The number of likely N-dealkylation sites (N-methyl/N-ethyl adjacent to an activating group) is 1. The second-order valence-corrected chi connectivity index (χ2v) is 16.4. The summed E-state index contributed by atoms with van der Waals surface area (Å²) in [6, 6.07) is 0. The van der Waals surface area contributed by atoms with Gasteiger partial charge in [-0.1, -0.05) is 133 Å². The molecular weight excluding hydrogens is 673 g/mol. The number of allylic oxidation sites excluding steroid dienone is 8. The quantitative estimate of drug-likeness (QED) is 0.0204. The summed E-state index contributed by atoms with van der Waals surface area (Å²) in [5.74, 6) is -0.348. The van der Waals surface area contributed by atoms with Gasteiger partial charge in [-0.05, 0) is 70.6 Å². The van der Waals surface area contributed by atoms with Crippen LogP contribution in [0.15, 0.2) is 48.6 Å². The summed E-state index contributed by atoms with van der Waals surface area (Å²) in [5.41, 5.74) is 0. The van der Waals surface area contributed by atoms with Gasteiger partial charge in [0.15, 0.2) is 0 Å². The highest BCUT2D eigenvalue weighted by molar-refractivity contribution is 7.45. The lowest BCUT2D eigenvalue weighted by Crippen LogP contribution is -2.37. The number of phosphoric acid groups is 1. The van der Waals surface area contributed by atoms with E-state index in [9.17, 15) is 14.3 Å².